The van der Waals surface area contributed by atoms with Crippen LogP contribution in [0.25, 0.3) is 0 Å². The van der Waals surface area contributed by atoms with Gasteiger partial charge in [-0.15, -0.1) is 0 Å². The Morgan fingerprint density at radius 1 is 1.43 bits per heavy atom. The van der Waals surface area contributed by atoms with Gasteiger partial charge in [0.2, 0.25) is 0 Å². The highest BCUT2D eigenvalue weighted by Gasteiger charge is 2.19. The summed E-state index contributed by atoms with van der Waals surface area (Å²) in [5.41, 5.74) is 0.664. The zero-order valence-corrected chi connectivity index (χ0v) is 13.3. The Balaban J connectivity index is 1.44. The number of aromatic amines is 1. The van der Waals surface area contributed by atoms with E-state index in [1.54, 1.807) is 12.3 Å². The first kappa shape index (κ1) is 15.4. The average molecular weight is 311 g/mol. The second-order valence-electron chi connectivity index (χ2n) is 5.82. The molecule has 1 saturated heterocycles. The number of nitrogens with zero attached hydrogens (tertiary/aromatic N) is 5. The van der Waals surface area contributed by atoms with Crippen molar-refractivity contribution in [3.63, 3.8) is 0 Å². The van der Waals surface area contributed by atoms with Crippen LogP contribution >= 0.6 is 0 Å². The zero-order chi connectivity index (χ0) is 16.1. The van der Waals surface area contributed by atoms with Crippen molar-refractivity contribution in [2.45, 2.75) is 32.2 Å². The van der Waals surface area contributed by atoms with Gasteiger partial charge < -0.3 is 10.2 Å². The molecule has 0 spiro atoms. The minimum atomic E-state index is 0.519. The topological polar surface area (TPSA) is 93.5 Å². The molecule has 2 N–H and O–H groups in total. The lowest BCUT2D eigenvalue weighted by atomic mass is 10.0. The average Bonchev–Trinajstić information content (AvgIpc) is 3.01. The van der Waals surface area contributed by atoms with Crippen LogP contribution in [0, 0.1) is 18.3 Å². The number of aryl methyl sites for hydroxylation is 1. The van der Waals surface area contributed by atoms with Crippen molar-refractivity contribution >= 4 is 5.82 Å². The van der Waals surface area contributed by atoms with E-state index in [4.69, 9.17) is 5.26 Å². The Morgan fingerprint density at radius 3 is 2.96 bits per heavy atom. The fraction of sp³-hybridized carbons (Fsp3) is 0.500. The molecule has 0 amide bonds. The van der Waals surface area contributed by atoms with E-state index < -0.39 is 0 Å². The third-order valence-electron chi connectivity index (χ3n) is 4.12. The number of pyridine rings is 1. The third kappa shape index (κ3) is 4.05. The molecule has 120 valence electrons. The quantitative estimate of drug-likeness (QED) is 0.861. The standard InChI is InChI=1S/C16H21N7/c1-12-20-15(22-21-12)3-7-18-14-4-8-23(9-5-14)16-10-13(11-17)2-6-19-16/h2,6,10,14,18H,3-5,7-9H2,1H3,(H,20,21,22). The monoisotopic (exact) mass is 311 g/mol. The summed E-state index contributed by atoms with van der Waals surface area (Å²) in [4.78, 5) is 10.9. The Hall–Kier alpha value is -2.46. The molecular formula is C16H21N7. The summed E-state index contributed by atoms with van der Waals surface area (Å²) in [7, 11) is 0. The molecule has 0 radical (unpaired) electrons. The van der Waals surface area contributed by atoms with Crippen LogP contribution in [0.1, 0.15) is 30.1 Å². The highest BCUT2D eigenvalue weighted by atomic mass is 15.2. The molecule has 1 aliphatic heterocycles. The SMILES string of the molecule is Cc1nc(CCNC2CCN(c3cc(C#N)ccn3)CC2)n[nH]1. The number of nitrogens with one attached hydrogen (secondary N) is 2. The smallest absolute Gasteiger partial charge is 0.151 e. The Bertz CT molecular complexity index is 680. The lowest BCUT2D eigenvalue weighted by molar-refractivity contribution is 0.415. The number of rotatable bonds is 5. The maximum atomic E-state index is 8.98. The van der Waals surface area contributed by atoms with E-state index in [0.29, 0.717) is 11.6 Å². The summed E-state index contributed by atoms with van der Waals surface area (Å²) in [5, 5.41) is 19.6. The van der Waals surface area contributed by atoms with Crippen molar-refractivity contribution in [1.82, 2.24) is 25.5 Å². The molecule has 0 aliphatic carbocycles. The molecule has 0 saturated carbocycles. The van der Waals surface area contributed by atoms with Crippen LogP contribution in [0.4, 0.5) is 5.82 Å². The molecule has 0 bridgehead atoms. The minimum absolute atomic E-state index is 0.519. The van der Waals surface area contributed by atoms with Crippen LogP contribution in [0.3, 0.4) is 0 Å². The van der Waals surface area contributed by atoms with Gasteiger partial charge in [-0.2, -0.15) is 10.4 Å². The van der Waals surface area contributed by atoms with E-state index in [-0.39, 0.29) is 0 Å². The van der Waals surface area contributed by atoms with Crippen LogP contribution in [-0.4, -0.2) is 45.8 Å². The third-order valence-corrected chi connectivity index (χ3v) is 4.12. The van der Waals surface area contributed by atoms with Crippen LogP contribution in [0.5, 0.6) is 0 Å². The lowest BCUT2D eigenvalue weighted by Gasteiger charge is -2.33. The molecule has 2 aromatic heterocycles. The van der Waals surface area contributed by atoms with Gasteiger partial charge in [-0.3, -0.25) is 5.10 Å². The van der Waals surface area contributed by atoms with Crippen molar-refractivity contribution in [2.24, 2.45) is 0 Å². The number of aromatic nitrogens is 4. The predicted octanol–water partition coefficient (Wildman–Crippen LogP) is 1.18. The van der Waals surface area contributed by atoms with E-state index in [1.165, 1.54) is 0 Å². The van der Waals surface area contributed by atoms with Gasteiger partial charge in [0.1, 0.15) is 11.6 Å². The molecule has 0 atom stereocenters. The minimum Gasteiger partial charge on any atom is -0.356 e. The number of hydrogen-bond donors (Lipinski definition) is 2. The van der Waals surface area contributed by atoms with Crippen LogP contribution in [0.15, 0.2) is 18.3 Å². The molecule has 1 aliphatic rings. The molecule has 7 nitrogen and oxygen atoms in total. The summed E-state index contributed by atoms with van der Waals surface area (Å²) in [6, 6.07) is 6.29. The van der Waals surface area contributed by atoms with E-state index in [9.17, 15) is 0 Å². The largest absolute Gasteiger partial charge is 0.356 e. The second kappa shape index (κ2) is 7.20. The number of H-pyrrole nitrogens is 1. The normalized spacial score (nSPS) is 15.6. The van der Waals surface area contributed by atoms with Crippen LogP contribution < -0.4 is 10.2 Å². The molecule has 1 fully saturated rings. The molecule has 3 heterocycles. The van der Waals surface area contributed by atoms with E-state index in [0.717, 1.165) is 56.4 Å². The number of piperidine rings is 1. The molecule has 2 aromatic rings. The van der Waals surface area contributed by atoms with Gasteiger partial charge in [0.05, 0.1) is 11.6 Å². The Labute approximate surface area is 135 Å². The highest BCUT2D eigenvalue weighted by Crippen LogP contribution is 2.18. The van der Waals surface area contributed by atoms with E-state index in [1.807, 2.05) is 13.0 Å². The van der Waals surface area contributed by atoms with Crippen molar-refractivity contribution in [3.8, 4) is 6.07 Å². The first-order valence-corrected chi connectivity index (χ1v) is 7.97. The van der Waals surface area contributed by atoms with Crippen molar-refractivity contribution < 1.29 is 0 Å². The Kier molecular flexibility index (Phi) is 4.83. The number of anilines is 1. The van der Waals surface area contributed by atoms with Gasteiger partial charge in [0.25, 0.3) is 0 Å². The van der Waals surface area contributed by atoms with Gasteiger partial charge in [-0.25, -0.2) is 9.97 Å². The maximum Gasteiger partial charge on any atom is 0.151 e. The Morgan fingerprint density at radius 2 is 2.26 bits per heavy atom. The summed E-state index contributed by atoms with van der Waals surface area (Å²) in [5.74, 6) is 2.63. The summed E-state index contributed by atoms with van der Waals surface area (Å²) in [6.07, 6.45) is 4.70. The lowest BCUT2D eigenvalue weighted by Crippen LogP contribution is -2.43. The molecule has 0 unspecified atom stereocenters. The number of nitriles is 1. The van der Waals surface area contributed by atoms with Crippen molar-refractivity contribution in [3.05, 3.63) is 35.5 Å². The molecule has 3 rings (SSSR count). The highest BCUT2D eigenvalue weighted by molar-refractivity contribution is 5.45. The van der Waals surface area contributed by atoms with Gasteiger partial charge in [-0.05, 0) is 31.9 Å². The van der Waals surface area contributed by atoms with Crippen molar-refractivity contribution in [2.75, 3.05) is 24.5 Å². The van der Waals surface area contributed by atoms with Gasteiger partial charge >= 0.3 is 0 Å². The van der Waals surface area contributed by atoms with E-state index in [2.05, 4.69) is 36.5 Å². The maximum absolute atomic E-state index is 8.98. The molecule has 7 heteroatoms. The summed E-state index contributed by atoms with van der Waals surface area (Å²) < 4.78 is 0. The van der Waals surface area contributed by atoms with Crippen LogP contribution in [0.2, 0.25) is 0 Å². The fourth-order valence-corrected chi connectivity index (χ4v) is 2.86. The van der Waals surface area contributed by atoms with Gasteiger partial charge in [-0.1, -0.05) is 0 Å². The first-order chi connectivity index (χ1) is 11.2. The first-order valence-electron chi connectivity index (χ1n) is 7.97. The van der Waals surface area contributed by atoms with Crippen LogP contribution in [-0.2, 0) is 6.42 Å². The summed E-state index contributed by atoms with van der Waals surface area (Å²) in [6.45, 7) is 4.72. The second-order valence-corrected chi connectivity index (χ2v) is 5.82. The molecular weight excluding hydrogens is 290 g/mol. The zero-order valence-electron chi connectivity index (χ0n) is 13.3. The van der Waals surface area contributed by atoms with Gasteiger partial charge in [0, 0.05) is 38.3 Å². The fourth-order valence-electron chi connectivity index (χ4n) is 2.86. The van der Waals surface area contributed by atoms with Crippen molar-refractivity contribution in [1.29, 1.82) is 5.26 Å². The molecule has 0 aromatic carbocycles. The predicted molar refractivity (Wildman–Crippen MR) is 87.0 cm³/mol. The summed E-state index contributed by atoms with van der Waals surface area (Å²) >= 11 is 0. The van der Waals surface area contributed by atoms with E-state index >= 15 is 0 Å². The molecule has 23 heavy (non-hydrogen) atoms. The van der Waals surface area contributed by atoms with Gasteiger partial charge in [0.15, 0.2) is 5.82 Å². The number of hydrogen-bond acceptors (Lipinski definition) is 6.